The monoisotopic (exact) mass is 1280 g/mol. The van der Waals surface area contributed by atoms with E-state index in [1.54, 1.807) is 37.3 Å². The third-order valence-corrected chi connectivity index (χ3v) is 15.5. The molecular weight excluding hydrogens is 1190 g/mol. The van der Waals surface area contributed by atoms with Crippen molar-refractivity contribution in [3.63, 3.8) is 0 Å². The zero-order valence-corrected chi connectivity index (χ0v) is 57.9. The van der Waals surface area contributed by atoms with Crippen molar-refractivity contribution in [3.05, 3.63) is 213 Å². The molecule has 0 fully saturated rings. The van der Waals surface area contributed by atoms with Gasteiger partial charge in [-0.05, 0) is 189 Å². The van der Waals surface area contributed by atoms with Crippen molar-refractivity contribution in [1.82, 2.24) is 0 Å². The summed E-state index contributed by atoms with van der Waals surface area (Å²) in [6.45, 7) is 36.7. The average molecular weight is 1280 g/mol. The Morgan fingerprint density at radius 3 is 0.406 bits per heavy atom. The number of benzene rings is 6. The van der Waals surface area contributed by atoms with Crippen molar-refractivity contribution in [3.8, 4) is 36.4 Å². The molecule has 0 bridgehead atoms. The summed E-state index contributed by atoms with van der Waals surface area (Å²) in [5, 5.41) is 56.9. The molecule has 0 spiro atoms. The Hall–Kier alpha value is -11.7. The van der Waals surface area contributed by atoms with Crippen LogP contribution in [0.1, 0.15) is 116 Å². The van der Waals surface area contributed by atoms with Gasteiger partial charge in [0.1, 0.15) is 36.4 Å². The molecule has 0 aliphatic rings. The van der Waals surface area contributed by atoms with Gasteiger partial charge in [-0.3, -0.25) is 0 Å². The van der Waals surface area contributed by atoms with Gasteiger partial charge in [0.25, 0.3) is 0 Å². The minimum absolute atomic E-state index is 0.0173. The summed E-state index contributed by atoms with van der Waals surface area (Å²) in [5.74, 6) is 0. The molecular formula is C78H90N18. The first-order chi connectivity index (χ1) is 46.8. The topological polar surface area (TPSA) is 236 Å². The molecule has 18 heteroatoms. The summed E-state index contributed by atoms with van der Waals surface area (Å²) in [4.78, 5) is 38.7. The van der Waals surface area contributed by atoms with Gasteiger partial charge in [-0.25, -0.2) is 30.0 Å². The summed E-state index contributed by atoms with van der Waals surface area (Å²) < 4.78 is 0. The molecule has 18 nitrogen and oxygen atoms in total. The highest BCUT2D eigenvalue weighted by Gasteiger charge is 2.10. The summed E-state index contributed by atoms with van der Waals surface area (Å²) in [5.41, 5.74) is 11.8. The molecule has 0 saturated heterocycles. The number of rotatable bonds is 30. The van der Waals surface area contributed by atoms with Crippen LogP contribution < -0.4 is 29.4 Å². The number of hydrogen-bond acceptors (Lipinski definition) is 18. The zero-order valence-electron chi connectivity index (χ0n) is 57.9. The minimum Gasteiger partial charge on any atom is -0.372 e. The van der Waals surface area contributed by atoms with Gasteiger partial charge in [-0.2, -0.15) is 31.6 Å². The second kappa shape index (κ2) is 43.2. The maximum atomic E-state index is 9.48. The molecule has 0 radical (unpaired) electrons. The molecule has 492 valence electrons. The molecule has 0 amide bonds. The highest BCUT2D eigenvalue weighted by atomic mass is 15.1. The van der Waals surface area contributed by atoms with E-state index >= 15 is 0 Å². The zero-order chi connectivity index (χ0) is 70.0. The minimum atomic E-state index is -0.0173. The Morgan fingerprint density at radius 2 is 0.323 bits per heavy atom. The van der Waals surface area contributed by atoms with Gasteiger partial charge < -0.3 is 29.4 Å². The van der Waals surface area contributed by atoms with Gasteiger partial charge in [0, 0.05) is 150 Å². The fraction of sp³-hybridized carbons (Fsp3) is 0.308. The second-order valence-electron chi connectivity index (χ2n) is 20.9. The van der Waals surface area contributed by atoms with E-state index in [0.29, 0.717) is 0 Å². The normalized spacial score (nSPS) is 11.8. The van der Waals surface area contributed by atoms with E-state index in [1.807, 2.05) is 182 Å². The molecule has 0 saturated carbocycles. The van der Waals surface area contributed by atoms with Crippen LogP contribution in [0.15, 0.2) is 210 Å². The molecule has 0 unspecified atom stereocenters. The van der Waals surface area contributed by atoms with Gasteiger partial charge in [0.05, 0.1) is 0 Å². The first kappa shape index (κ1) is 76.8. The van der Waals surface area contributed by atoms with Crippen LogP contribution in [-0.4, -0.2) is 116 Å². The van der Waals surface area contributed by atoms with Crippen molar-refractivity contribution in [1.29, 1.82) is 31.6 Å². The number of nitriles is 6. The number of hydrogen-bond donors (Lipinski definition) is 0. The Bertz CT molecular complexity index is 3230. The van der Waals surface area contributed by atoms with Gasteiger partial charge >= 0.3 is 0 Å². The molecule has 6 aromatic rings. The summed E-state index contributed by atoms with van der Waals surface area (Å²) in [7, 11) is 0. The predicted octanol–water partition coefficient (Wildman–Crippen LogP) is 15.5. The maximum Gasteiger partial charge on any atom is 0.176 e. The van der Waals surface area contributed by atoms with Gasteiger partial charge in [-0.15, -0.1) is 0 Å². The fourth-order valence-electron chi connectivity index (χ4n) is 9.85. The van der Waals surface area contributed by atoms with Crippen LogP contribution in [0.3, 0.4) is 0 Å². The van der Waals surface area contributed by atoms with Gasteiger partial charge in [0.15, 0.2) is 34.2 Å². The van der Waals surface area contributed by atoms with Crippen LogP contribution in [0.4, 0.5) is 34.1 Å². The van der Waals surface area contributed by atoms with Crippen molar-refractivity contribution in [2.75, 3.05) is 108 Å². The quantitative estimate of drug-likeness (QED) is 0.0302. The third-order valence-electron chi connectivity index (χ3n) is 15.5. The van der Waals surface area contributed by atoms with Crippen LogP contribution >= 0.6 is 0 Å². The Balaban J connectivity index is 0.000000306. The van der Waals surface area contributed by atoms with Crippen molar-refractivity contribution < 1.29 is 0 Å². The standard InChI is InChI=1S/3C26H30N6/c3*1-5-31(6-2)23-13-9-21(10-14-23)19-29-25(17-27)26(18-28)30-20-22-11-15-24(16-12-22)32(7-3)8-4/h3*9-16,19-20H,5-8H2,1-4H3/b3*26-25+,29-19?,30-20?. The lowest BCUT2D eigenvalue weighted by Crippen LogP contribution is -2.21. The van der Waals surface area contributed by atoms with Crippen LogP contribution in [0.2, 0.25) is 0 Å². The molecule has 6 rings (SSSR count). The number of allylic oxidation sites excluding steroid dienone is 6. The summed E-state index contributed by atoms with van der Waals surface area (Å²) >= 11 is 0. The molecule has 0 atom stereocenters. The molecule has 6 aromatic carbocycles. The second-order valence-corrected chi connectivity index (χ2v) is 20.9. The van der Waals surface area contributed by atoms with E-state index in [-0.39, 0.29) is 34.2 Å². The Kier molecular flexibility index (Phi) is 34.5. The molecule has 0 aromatic heterocycles. The van der Waals surface area contributed by atoms with Crippen molar-refractivity contribution >= 4 is 71.4 Å². The predicted molar refractivity (Wildman–Crippen MR) is 400 cm³/mol. The van der Waals surface area contributed by atoms with Crippen LogP contribution in [0.25, 0.3) is 0 Å². The van der Waals surface area contributed by atoms with Crippen molar-refractivity contribution in [2.24, 2.45) is 30.0 Å². The van der Waals surface area contributed by atoms with Gasteiger partial charge in [-0.1, -0.05) is 72.8 Å². The summed E-state index contributed by atoms with van der Waals surface area (Å²) in [6, 6.07) is 59.5. The molecule has 0 aliphatic carbocycles. The largest absolute Gasteiger partial charge is 0.372 e. The molecule has 0 N–H and O–H groups in total. The van der Waals surface area contributed by atoms with E-state index < -0.39 is 0 Å². The molecule has 0 aliphatic heterocycles. The van der Waals surface area contributed by atoms with Crippen LogP contribution in [0, 0.1) is 68.0 Å². The van der Waals surface area contributed by atoms with E-state index in [2.05, 4.69) is 142 Å². The van der Waals surface area contributed by atoms with Crippen LogP contribution in [-0.2, 0) is 0 Å². The average Bonchev–Trinajstić information content (AvgIpc) is 1.94. The first-order valence-corrected chi connectivity index (χ1v) is 32.8. The SMILES string of the molecule is CCN(CC)c1ccc(C=N/C(C#N)=C(\C#N)N=Cc2ccc(N(CC)CC)cc2)cc1.CCN(CC)c1ccc(C=N/C(C#N)=C(\C#N)N=Cc2ccc(N(CC)CC)cc2)cc1.CCN(CC)c1ccc(C=N/C(C#N)=C(\C#N)N=Cc2ccc(N(CC)CC)cc2)cc1. The fourth-order valence-corrected chi connectivity index (χ4v) is 9.85. The lowest BCUT2D eigenvalue weighted by atomic mass is 10.2. The van der Waals surface area contributed by atoms with E-state index in [4.69, 9.17) is 0 Å². The maximum absolute atomic E-state index is 9.48. The number of nitrogens with zero attached hydrogens (tertiary/aromatic N) is 18. The molecule has 96 heavy (non-hydrogen) atoms. The van der Waals surface area contributed by atoms with Crippen molar-refractivity contribution in [2.45, 2.75) is 83.1 Å². The van der Waals surface area contributed by atoms with E-state index in [1.165, 1.54) is 0 Å². The smallest absolute Gasteiger partial charge is 0.176 e. The van der Waals surface area contributed by atoms with E-state index in [0.717, 1.165) is 146 Å². The highest BCUT2D eigenvalue weighted by molar-refractivity contribution is 5.86. The third kappa shape index (κ3) is 24.1. The number of aliphatic imine (C=N–C) groups is 6. The lowest BCUT2D eigenvalue weighted by molar-refractivity contribution is 0.866. The highest BCUT2D eigenvalue weighted by Crippen LogP contribution is 2.21. The lowest BCUT2D eigenvalue weighted by Gasteiger charge is -2.20. The molecule has 0 heterocycles. The summed E-state index contributed by atoms with van der Waals surface area (Å²) in [6.07, 6.45) is 9.48. The van der Waals surface area contributed by atoms with Crippen LogP contribution in [0.5, 0.6) is 0 Å². The van der Waals surface area contributed by atoms with Gasteiger partial charge in [0.2, 0.25) is 0 Å². The Labute approximate surface area is 570 Å². The number of anilines is 6. The van der Waals surface area contributed by atoms with E-state index in [9.17, 15) is 31.6 Å². The first-order valence-electron chi connectivity index (χ1n) is 32.8. The Morgan fingerprint density at radius 1 is 0.219 bits per heavy atom.